The molecule has 0 unspecified atom stereocenters. The molecule has 1 saturated heterocycles. The van der Waals surface area contributed by atoms with Crippen LogP contribution in [0.15, 0.2) is 16.6 Å². The highest BCUT2D eigenvalue weighted by Gasteiger charge is 2.19. The monoisotopic (exact) mass is 324 g/mol. The van der Waals surface area contributed by atoms with Crippen LogP contribution in [0.25, 0.3) is 0 Å². The molecule has 0 aliphatic carbocycles. The Bertz CT molecular complexity index is 488. The number of likely N-dealkylation sites (tertiary alicyclic amines) is 1. The molecule has 0 saturated carbocycles. The van der Waals surface area contributed by atoms with Crippen LogP contribution in [0.2, 0.25) is 0 Å². The van der Waals surface area contributed by atoms with Crippen LogP contribution in [0.5, 0.6) is 0 Å². The number of benzene rings is 1. The van der Waals surface area contributed by atoms with Gasteiger partial charge in [-0.05, 0) is 53.4 Å². The average molecular weight is 325 g/mol. The van der Waals surface area contributed by atoms with Gasteiger partial charge in [0.2, 0.25) is 0 Å². The molecular formula is C15H18BrFN2. The minimum absolute atomic E-state index is 0.224. The zero-order valence-corrected chi connectivity index (χ0v) is 12.6. The second-order valence-corrected chi connectivity index (χ2v) is 5.83. The Labute approximate surface area is 122 Å². The summed E-state index contributed by atoms with van der Waals surface area (Å²) < 4.78 is 14.1. The van der Waals surface area contributed by atoms with Gasteiger partial charge in [0.15, 0.2) is 0 Å². The van der Waals surface area contributed by atoms with Crippen molar-refractivity contribution in [2.24, 2.45) is 0 Å². The van der Waals surface area contributed by atoms with Gasteiger partial charge in [-0.1, -0.05) is 5.92 Å². The lowest BCUT2D eigenvalue weighted by atomic mass is 10.0. The maximum atomic E-state index is 13.6. The Morgan fingerprint density at radius 3 is 2.79 bits per heavy atom. The molecule has 19 heavy (non-hydrogen) atoms. The second-order valence-electron chi connectivity index (χ2n) is 4.98. The third kappa shape index (κ3) is 3.71. The van der Waals surface area contributed by atoms with Crippen molar-refractivity contribution in [1.82, 2.24) is 4.90 Å². The largest absolute Gasteiger partial charge is 0.382 e. The molecule has 0 aromatic heterocycles. The fraction of sp³-hybridized carbons (Fsp3) is 0.467. The number of piperidine rings is 1. The van der Waals surface area contributed by atoms with Crippen molar-refractivity contribution in [2.75, 3.05) is 25.0 Å². The van der Waals surface area contributed by atoms with Crippen molar-refractivity contribution >= 4 is 21.6 Å². The zero-order valence-electron chi connectivity index (χ0n) is 11.0. The smallest absolute Gasteiger partial charge is 0.139 e. The molecule has 0 radical (unpaired) electrons. The second kappa shape index (κ2) is 6.40. The summed E-state index contributed by atoms with van der Waals surface area (Å²) in [4.78, 5) is 2.27. The number of hydrogen-bond acceptors (Lipinski definition) is 2. The Balaban J connectivity index is 1.96. The lowest BCUT2D eigenvalue weighted by Gasteiger charge is -2.32. The van der Waals surface area contributed by atoms with Gasteiger partial charge in [0.1, 0.15) is 5.82 Å². The van der Waals surface area contributed by atoms with Crippen LogP contribution in [-0.4, -0.2) is 30.6 Å². The summed E-state index contributed by atoms with van der Waals surface area (Å²) in [5.41, 5.74) is 1.94. The molecule has 0 amide bonds. The highest BCUT2D eigenvalue weighted by Crippen LogP contribution is 2.26. The third-order valence-electron chi connectivity index (χ3n) is 3.53. The van der Waals surface area contributed by atoms with Gasteiger partial charge in [-0.25, -0.2) is 4.39 Å². The van der Waals surface area contributed by atoms with E-state index in [4.69, 9.17) is 6.42 Å². The molecule has 1 aliphatic rings. The van der Waals surface area contributed by atoms with Crippen molar-refractivity contribution in [1.29, 1.82) is 0 Å². The summed E-state index contributed by atoms with van der Waals surface area (Å²) in [6.07, 6.45) is 7.40. The van der Waals surface area contributed by atoms with Gasteiger partial charge in [-0.3, -0.25) is 4.90 Å². The van der Waals surface area contributed by atoms with Gasteiger partial charge >= 0.3 is 0 Å². The molecule has 1 N–H and O–H groups in total. The number of halogens is 2. The van der Waals surface area contributed by atoms with E-state index in [0.717, 1.165) is 43.7 Å². The molecule has 102 valence electrons. The Morgan fingerprint density at radius 2 is 2.16 bits per heavy atom. The van der Waals surface area contributed by atoms with Crippen LogP contribution < -0.4 is 5.32 Å². The lowest BCUT2D eigenvalue weighted by molar-refractivity contribution is 0.243. The van der Waals surface area contributed by atoms with E-state index in [1.165, 1.54) is 0 Å². The van der Waals surface area contributed by atoms with Gasteiger partial charge in [0, 0.05) is 24.8 Å². The SMILES string of the molecule is C#CCN1CCC(Nc2cc(F)c(Br)cc2C)CC1. The zero-order chi connectivity index (χ0) is 13.8. The maximum absolute atomic E-state index is 13.6. The summed E-state index contributed by atoms with van der Waals surface area (Å²) in [6, 6.07) is 3.77. The normalized spacial score (nSPS) is 17.2. The predicted molar refractivity (Wildman–Crippen MR) is 80.8 cm³/mol. The number of nitrogens with one attached hydrogen (secondary N) is 1. The van der Waals surface area contributed by atoms with Crippen LogP contribution in [0.4, 0.5) is 10.1 Å². The fourth-order valence-electron chi connectivity index (χ4n) is 2.39. The molecule has 2 nitrogen and oxygen atoms in total. The third-order valence-corrected chi connectivity index (χ3v) is 4.14. The highest BCUT2D eigenvalue weighted by atomic mass is 79.9. The quantitative estimate of drug-likeness (QED) is 0.857. The van der Waals surface area contributed by atoms with E-state index in [2.05, 4.69) is 32.1 Å². The van der Waals surface area contributed by atoms with Crippen molar-refractivity contribution in [3.05, 3.63) is 28.0 Å². The van der Waals surface area contributed by atoms with Crippen molar-refractivity contribution < 1.29 is 4.39 Å². The molecule has 0 bridgehead atoms. The Morgan fingerprint density at radius 1 is 1.47 bits per heavy atom. The highest BCUT2D eigenvalue weighted by molar-refractivity contribution is 9.10. The minimum Gasteiger partial charge on any atom is -0.382 e. The summed E-state index contributed by atoms with van der Waals surface area (Å²) in [7, 11) is 0. The molecule has 0 spiro atoms. The minimum atomic E-state index is -0.224. The van der Waals surface area contributed by atoms with Gasteiger partial charge in [-0.2, -0.15) is 0 Å². The molecule has 4 heteroatoms. The molecule has 1 fully saturated rings. The van der Waals surface area contributed by atoms with Crippen molar-refractivity contribution in [3.63, 3.8) is 0 Å². The first-order valence-corrected chi connectivity index (χ1v) is 7.27. The molecule has 2 rings (SSSR count). The average Bonchev–Trinajstić information content (AvgIpc) is 2.38. The van der Waals surface area contributed by atoms with Gasteiger partial charge < -0.3 is 5.32 Å². The van der Waals surface area contributed by atoms with Crippen LogP contribution in [0, 0.1) is 25.1 Å². The van der Waals surface area contributed by atoms with E-state index in [9.17, 15) is 4.39 Å². The fourth-order valence-corrected chi connectivity index (χ4v) is 2.84. The first-order chi connectivity index (χ1) is 9.10. The number of rotatable bonds is 3. The topological polar surface area (TPSA) is 15.3 Å². The first kappa shape index (κ1) is 14.4. The summed E-state index contributed by atoms with van der Waals surface area (Å²) in [6.45, 7) is 4.71. The van der Waals surface area contributed by atoms with Crippen LogP contribution >= 0.6 is 15.9 Å². The molecule has 1 aromatic carbocycles. The molecule has 1 heterocycles. The summed E-state index contributed by atoms with van der Waals surface area (Å²) >= 11 is 3.20. The molecule has 1 aliphatic heterocycles. The van der Waals surface area contributed by atoms with E-state index < -0.39 is 0 Å². The standard InChI is InChI=1S/C15H18BrFN2/c1-3-6-19-7-4-12(5-8-19)18-15-10-14(17)13(16)9-11(15)2/h1,9-10,12,18H,4-8H2,2H3. The number of aryl methyl sites for hydroxylation is 1. The van der Waals surface area contributed by atoms with E-state index >= 15 is 0 Å². The predicted octanol–water partition coefficient (Wildman–Crippen LogP) is 3.41. The van der Waals surface area contributed by atoms with E-state index in [-0.39, 0.29) is 5.82 Å². The van der Waals surface area contributed by atoms with E-state index in [1.54, 1.807) is 6.07 Å². The lowest BCUT2D eigenvalue weighted by Crippen LogP contribution is -2.39. The Kier molecular flexibility index (Phi) is 4.84. The van der Waals surface area contributed by atoms with Crippen LogP contribution in [0.1, 0.15) is 18.4 Å². The van der Waals surface area contributed by atoms with E-state index in [0.29, 0.717) is 10.5 Å². The van der Waals surface area contributed by atoms with Gasteiger partial charge in [-0.15, -0.1) is 6.42 Å². The summed E-state index contributed by atoms with van der Waals surface area (Å²) in [5.74, 6) is 2.45. The molecular weight excluding hydrogens is 307 g/mol. The van der Waals surface area contributed by atoms with Crippen LogP contribution in [-0.2, 0) is 0 Å². The molecule has 1 aromatic rings. The molecule has 0 atom stereocenters. The van der Waals surface area contributed by atoms with Crippen LogP contribution in [0.3, 0.4) is 0 Å². The number of nitrogens with zero attached hydrogens (tertiary/aromatic N) is 1. The van der Waals surface area contributed by atoms with Gasteiger partial charge in [0.05, 0.1) is 11.0 Å². The number of hydrogen-bond donors (Lipinski definition) is 1. The maximum Gasteiger partial charge on any atom is 0.139 e. The number of terminal acetylenes is 1. The Hall–Kier alpha value is -1.05. The summed E-state index contributed by atoms with van der Waals surface area (Å²) in [5, 5.41) is 3.44. The van der Waals surface area contributed by atoms with E-state index in [1.807, 2.05) is 13.0 Å². The first-order valence-electron chi connectivity index (χ1n) is 6.48. The van der Waals surface area contributed by atoms with Crippen molar-refractivity contribution in [3.8, 4) is 12.3 Å². The van der Waals surface area contributed by atoms with Gasteiger partial charge in [0.25, 0.3) is 0 Å². The van der Waals surface area contributed by atoms with Crippen molar-refractivity contribution in [2.45, 2.75) is 25.8 Å². The number of anilines is 1.